The van der Waals surface area contributed by atoms with Crippen LogP contribution in [-0.2, 0) is 22.7 Å². The highest BCUT2D eigenvalue weighted by Crippen LogP contribution is 2.36. The number of fused-ring (bicyclic) bond motifs is 3. The summed E-state index contributed by atoms with van der Waals surface area (Å²) in [5, 5.41) is 2.30. The first-order chi connectivity index (χ1) is 19.4. The van der Waals surface area contributed by atoms with Crippen molar-refractivity contribution in [3.05, 3.63) is 89.6 Å². The maximum atomic E-state index is 4.97. The number of aromatic amines is 2. The van der Waals surface area contributed by atoms with Crippen molar-refractivity contribution in [2.24, 2.45) is 0 Å². The van der Waals surface area contributed by atoms with Gasteiger partial charge in [0.15, 0.2) is 0 Å². The molecule has 0 unspecified atom stereocenters. The van der Waals surface area contributed by atoms with Crippen LogP contribution in [0.3, 0.4) is 0 Å². The molecule has 0 aliphatic carbocycles. The third-order valence-electron chi connectivity index (χ3n) is 8.91. The predicted molar refractivity (Wildman–Crippen MR) is 172 cm³/mol. The molecule has 5 nitrogen and oxygen atoms in total. The van der Waals surface area contributed by atoms with Crippen molar-refractivity contribution in [1.82, 2.24) is 24.9 Å². The first-order valence-corrected chi connectivity index (χ1v) is 14.7. The van der Waals surface area contributed by atoms with Gasteiger partial charge in [-0.25, -0.2) is 4.98 Å². The van der Waals surface area contributed by atoms with Crippen molar-refractivity contribution in [2.75, 3.05) is 0 Å². The molecule has 5 heteroatoms. The summed E-state index contributed by atoms with van der Waals surface area (Å²) in [6.07, 6.45) is 5.79. The minimum Gasteiger partial charge on any atom is -0.356 e. The molecule has 0 atom stereocenters. The van der Waals surface area contributed by atoms with Crippen LogP contribution in [0.25, 0.3) is 44.1 Å². The lowest BCUT2D eigenvalue weighted by Crippen LogP contribution is -2.21. The SMILES string of the molecule is CCC(C)(C)c1cnc2c(-c3nccc4cc(C(C)(C)Cc5nc6ccc(C(C)(C)C)cc6[nH]5)[nH]c34)cccc2c1. The molecule has 6 rings (SSSR count). The van der Waals surface area contributed by atoms with E-state index in [2.05, 4.69) is 120 Å². The van der Waals surface area contributed by atoms with Crippen molar-refractivity contribution < 1.29 is 0 Å². The van der Waals surface area contributed by atoms with Gasteiger partial charge in [0, 0.05) is 46.3 Å². The topological polar surface area (TPSA) is 70.2 Å². The Hall–Kier alpha value is -3.99. The minimum atomic E-state index is -0.172. The average molecular weight is 544 g/mol. The van der Waals surface area contributed by atoms with Crippen LogP contribution in [0.15, 0.2) is 67.0 Å². The standard InChI is InChI=1S/C36H41N5/c1-9-35(5,6)25-17-22-11-10-12-26(31(22)38-21-25)33-32-23(15-16-37-33)18-29(41-32)36(7,8)20-30-39-27-14-13-24(34(2,3)4)19-28(27)40-30/h10-19,21,41H,9,20H2,1-8H3,(H,39,40). The highest BCUT2D eigenvalue weighted by atomic mass is 14.9. The van der Waals surface area contributed by atoms with E-state index in [1.165, 1.54) is 11.1 Å². The van der Waals surface area contributed by atoms with E-state index in [4.69, 9.17) is 15.0 Å². The Morgan fingerprint density at radius 1 is 0.756 bits per heavy atom. The second-order valence-electron chi connectivity index (χ2n) is 13.9. The van der Waals surface area contributed by atoms with Crippen LogP contribution in [0, 0.1) is 0 Å². The van der Waals surface area contributed by atoms with Gasteiger partial charge in [-0.15, -0.1) is 0 Å². The third kappa shape index (κ3) is 4.92. The zero-order valence-electron chi connectivity index (χ0n) is 25.6. The summed E-state index contributed by atoms with van der Waals surface area (Å²) >= 11 is 0. The highest BCUT2D eigenvalue weighted by Gasteiger charge is 2.27. The maximum absolute atomic E-state index is 4.97. The van der Waals surface area contributed by atoms with E-state index in [0.29, 0.717) is 0 Å². The molecule has 0 radical (unpaired) electrons. The molecule has 0 saturated heterocycles. The molecule has 0 aliphatic heterocycles. The average Bonchev–Trinajstić information content (AvgIpc) is 3.55. The number of H-pyrrole nitrogens is 2. The fourth-order valence-corrected chi connectivity index (χ4v) is 5.68. The maximum Gasteiger partial charge on any atom is 0.108 e. The third-order valence-corrected chi connectivity index (χ3v) is 8.91. The lowest BCUT2D eigenvalue weighted by molar-refractivity contribution is 0.498. The number of hydrogen-bond acceptors (Lipinski definition) is 3. The van der Waals surface area contributed by atoms with Crippen molar-refractivity contribution >= 4 is 32.8 Å². The van der Waals surface area contributed by atoms with Gasteiger partial charge in [0.1, 0.15) is 5.82 Å². The number of benzene rings is 2. The van der Waals surface area contributed by atoms with E-state index in [9.17, 15) is 0 Å². The van der Waals surface area contributed by atoms with Crippen LogP contribution in [0.1, 0.15) is 84.5 Å². The molecular formula is C36H41N5. The van der Waals surface area contributed by atoms with Crippen molar-refractivity contribution in [1.29, 1.82) is 0 Å². The number of aromatic nitrogens is 5. The molecule has 0 saturated carbocycles. The van der Waals surface area contributed by atoms with E-state index in [1.54, 1.807) is 0 Å². The number of pyridine rings is 2. The van der Waals surface area contributed by atoms with Crippen LogP contribution < -0.4 is 0 Å². The summed E-state index contributed by atoms with van der Waals surface area (Å²) in [5.74, 6) is 0.997. The fourth-order valence-electron chi connectivity index (χ4n) is 5.68. The molecule has 0 fully saturated rings. The van der Waals surface area contributed by atoms with Crippen LogP contribution in [0.5, 0.6) is 0 Å². The van der Waals surface area contributed by atoms with Gasteiger partial charge in [-0.2, -0.15) is 0 Å². The smallest absolute Gasteiger partial charge is 0.108 e. The number of para-hydroxylation sites is 1. The largest absolute Gasteiger partial charge is 0.356 e. The summed E-state index contributed by atoms with van der Waals surface area (Å²) in [4.78, 5) is 22.1. The van der Waals surface area contributed by atoms with E-state index < -0.39 is 0 Å². The molecule has 6 aromatic rings. The molecule has 2 N–H and O–H groups in total. The molecule has 2 aromatic carbocycles. The molecule has 41 heavy (non-hydrogen) atoms. The van der Waals surface area contributed by atoms with Gasteiger partial charge < -0.3 is 9.97 Å². The molecule has 210 valence electrons. The van der Waals surface area contributed by atoms with E-state index in [0.717, 1.165) is 68.5 Å². The molecule has 4 heterocycles. The van der Waals surface area contributed by atoms with Gasteiger partial charge in [0.25, 0.3) is 0 Å². The Kier molecular flexibility index (Phi) is 6.33. The number of hydrogen-bond donors (Lipinski definition) is 2. The summed E-state index contributed by atoms with van der Waals surface area (Å²) in [7, 11) is 0. The van der Waals surface area contributed by atoms with E-state index in [1.807, 2.05) is 12.4 Å². The molecule has 0 amide bonds. The number of nitrogens with one attached hydrogen (secondary N) is 2. The zero-order chi connectivity index (χ0) is 29.2. The first kappa shape index (κ1) is 27.2. The van der Waals surface area contributed by atoms with E-state index in [-0.39, 0.29) is 16.2 Å². The Morgan fingerprint density at radius 2 is 1.56 bits per heavy atom. The normalized spacial score (nSPS) is 13.1. The summed E-state index contributed by atoms with van der Waals surface area (Å²) in [6, 6.07) is 19.6. The zero-order valence-corrected chi connectivity index (χ0v) is 25.6. The number of rotatable bonds is 6. The van der Waals surface area contributed by atoms with Crippen molar-refractivity contribution in [3.8, 4) is 11.3 Å². The fraction of sp³-hybridized carbons (Fsp3) is 0.361. The van der Waals surface area contributed by atoms with Gasteiger partial charge in [0.05, 0.1) is 27.8 Å². The number of imidazole rings is 1. The molecule has 0 bridgehead atoms. The molecule has 0 spiro atoms. The monoisotopic (exact) mass is 543 g/mol. The van der Waals surface area contributed by atoms with Gasteiger partial charge in [-0.05, 0) is 58.7 Å². The Morgan fingerprint density at radius 3 is 2.32 bits per heavy atom. The van der Waals surface area contributed by atoms with Crippen LogP contribution in [0.2, 0.25) is 0 Å². The Balaban J connectivity index is 1.37. The van der Waals surface area contributed by atoms with E-state index >= 15 is 0 Å². The van der Waals surface area contributed by atoms with Crippen molar-refractivity contribution in [3.63, 3.8) is 0 Å². The Labute approximate surface area is 242 Å². The van der Waals surface area contributed by atoms with Gasteiger partial charge in [-0.3, -0.25) is 9.97 Å². The number of nitrogens with zero attached hydrogens (tertiary/aromatic N) is 3. The van der Waals surface area contributed by atoms with Crippen LogP contribution in [-0.4, -0.2) is 24.9 Å². The first-order valence-electron chi connectivity index (χ1n) is 14.7. The summed E-state index contributed by atoms with van der Waals surface area (Å²) in [5.41, 5.74) is 9.87. The van der Waals surface area contributed by atoms with Crippen LogP contribution in [0.4, 0.5) is 0 Å². The second-order valence-corrected chi connectivity index (χ2v) is 13.9. The van der Waals surface area contributed by atoms with Crippen molar-refractivity contribution in [2.45, 2.75) is 84.5 Å². The quantitative estimate of drug-likeness (QED) is 0.220. The molecular weight excluding hydrogens is 502 g/mol. The predicted octanol–water partition coefficient (Wildman–Crippen LogP) is 9.16. The second kappa shape index (κ2) is 9.54. The highest BCUT2D eigenvalue weighted by molar-refractivity contribution is 6.01. The molecule has 4 aromatic heterocycles. The lowest BCUT2D eigenvalue weighted by atomic mass is 9.82. The van der Waals surface area contributed by atoms with Crippen LogP contribution >= 0.6 is 0 Å². The Bertz CT molecular complexity index is 1890. The lowest BCUT2D eigenvalue weighted by Gasteiger charge is -2.23. The van der Waals surface area contributed by atoms with Gasteiger partial charge >= 0.3 is 0 Å². The summed E-state index contributed by atoms with van der Waals surface area (Å²) < 4.78 is 0. The minimum absolute atomic E-state index is 0.0874. The van der Waals surface area contributed by atoms with Gasteiger partial charge in [-0.1, -0.05) is 79.7 Å². The summed E-state index contributed by atoms with van der Waals surface area (Å²) in [6.45, 7) is 18.1. The molecule has 0 aliphatic rings. The van der Waals surface area contributed by atoms with Gasteiger partial charge in [0.2, 0.25) is 0 Å².